The third-order valence-corrected chi connectivity index (χ3v) is 1.30. The van der Waals surface area contributed by atoms with Gasteiger partial charge in [0.05, 0.1) is 0 Å². The molecule has 0 bridgehead atoms. The van der Waals surface area contributed by atoms with E-state index in [1.165, 1.54) is 18.2 Å². The van der Waals surface area contributed by atoms with E-state index in [2.05, 4.69) is 9.78 Å². The maximum absolute atomic E-state index is 11.4. The summed E-state index contributed by atoms with van der Waals surface area (Å²) in [5.41, 5.74) is -0.0732. The van der Waals surface area contributed by atoms with Gasteiger partial charge < -0.3 is 20.2 Å². The molecular formula is C8H7BFLi3O7. The first-order chi connectivity index (χ1) is 7.99. The molecule has 0 radical (unpaired) electrons. The molecule has 0 aliphatic rings. The molecule has 94 valence electrons. The summed E-state index contributed by atoms with van der Waals surface area (Å²) in [6.45, 7) is -1.22. The third-order valence-electron chi connectivity index (χ3n) is 1.30. The monoisotopic (exact) mass is 266 g/mol. The molecule has 0 aliphatic heterocycles. The summed E-state index contributed by atoms with van der Waals surface area (Å²) in [5.74, 6) is -1.18. The second-order valence-corrected chi connectivity index (χ2v) is 2.40. The van der Waals surface area contributed by atoms with Gasteiger partial charge in [-0.25, -0.2) is 9.18 Å². The topological polar surface area (TPSA) is 125 Å². The Morgan fingerprint density at radius 2 is 1.65 bits per heavy atom. The summed E-state index contributed by atoms with van der Waals surface area (Å²) in [6, 6.07) is 5.72. The number of phenolic OH excluding ortho intramolecular Hbond substituents is 1. The third kappa shape index (κ3) is 14.5. The molecule has 1 rings (SSSR count). The van der Waals surface area contributed by atoms with Gasteiger partial charge in [0.15, 0.2) is 0 Å². The molecule has 0 saturated heterocycles. The molecule has 0 aromatic heterocycles. The van der Waals surface area contributed by atoms with E-state index in [0.29, 0.717) is 0 Å². The molecule has 7 nitrogen and oxygen atoms in total. The molecule has 12 heteroatoms. The van der Waals surface area contributed by atoms with Crippen molar-refractivity contribution < 1.29 is 95.7 Å². The molecule has 0 atom stereocenters. The summed E-state index contributed by atoms with van der Waals surface area (Å²) in [5, 5.41) is 34.4. The molecule has 0 saturated carbocycles. The zero-order chi connectivity index (χ0) is 13.3. The molecule has 0 heterocycles. The number of rotatable bonds is 3. The van der Waals surface area contributed by atoms with Crippen molar-refractivity contribution in [3.05, 3.63) is 29.8 Å². The number of hydrogen-bond donors (Lipinski definition) is 1. The van der Waals surface area contributed by atoms with Crippen molar-refractivity contribution in [2.24, 2.45) is 0 Å². The smallest absolute Gasteiger partial charge is 0.907 e. The Bertz CT molecular complexity index is 356. The van der Waals surface area contributed by atoms with Gasteiger partial charge in [-0.2, -0.15) is 4.89 Å². The van der Waals surface area contributed by atoms with Crippen LogP contribution in [0.3, 0.4) is 0 Å². The molecule has 20 heavy (non-hydrogen) atoms. The average molecular weight is 266 g/mol. The van der Waals surface area contributed by atoms with E-state index in [-0.39, 0.29) is 67.9 Å². The summed E-state index contributed by atoms with van der Waals surface area (Å²) in [7, 11) is -2.92. The Morgan fingerprint density at radius 1 is 1.20 bits per heavy atom. The van der Waals surface area contributed by atoms with Gasteiger partial charge in [-0.1, -0.05) is 12.1 Å². The van der Waals surface area contributed by atoms with Crippen molar-refractivity contribution >= 4 is 13.3 Å². The van der Waals surface area contributed by atoms with Crippen molar-refractivity contribution in [2.45, 2.75) is 0 Å². The fourth-order valence-electron chi connectivity index (χ4n) is 0.767. The normalized spacial score (nSPS) is 7.60. The molecule has 0 aliphatic carbocycles. The van der Waals surface area contributed by atoms with Crippen LogP contribution in [0.25, 0.3) is 0 Å². The molecule has 0 unspecified atom stereocenters. The summed E-state index contributed by atoms with van der Waals surface area (Å²) >= 11 is 0. The molecule has 0 amide bonds. The number of alkyl halides is 1. The Labute approximate surface area is 151 Å². The fraction of sp³-hybridized carbons (Fsp3) is 0.125. The van der Waals surface area contributed by atoms with Crippen molar-refractivity contribution in [3.8, 4) is 5.75 Å². The van der Waals surface area contributed by atoms with Crippen LogP contribution in [0.5, 0.6) is 5.75 Å². The van der Waals surface area contributed by atoms with Crippen LogP contribution in [0.15, 0.2) is 24.3 Å². The number of benzene rings is 1. The van der Waals surface area contributed by atoms with Crippen LogP contribution >= 0.6 is 0 Å². The molecule has 1 aromatic carbocycles. The first-order valence-corrected chi connectivity index (χ1v) is 4.14. The zero-order valence-corrected chi connectivity index (χ0v) is 11.4. The predicted molar refractivity (Wildman–Crippen MR) is 46.3 cm³/mol. The molecule has 0 spiro atoms. The number of aromatic hydroxyl groups is 1. The number of hydrogen-bond acceptors (Lipinski definition) is 7. The van der Waals surface area contributed by atoms with Crippen LogP contribution in [0.1, 0.15) is 10.4 Å². The minimum atomic E-state index is -2.92. The molecule has 1 N–H and O–H groups in total. The zero-order valence-electron chi connectivity index (χ0n) is 11.4. The second-order valence-electron chi connectivity index (χ2n) is 2.40. The van der Waals surface area contributed by atoms with E-state index in [9.17, 15) is 9.18 Å². The van der Waals surface area contributed by atoms with Crippen molar-refractivity contribution in [3.63, 3.8) is 0 Å². The minimum absolute atomic E-state index is 0. The van der Waals surface area contributed by atoms with E-state index in [1.54, 1.807) is 6.07 Å². The molecule has 0 fully saturated rings. The molecule has 1 aromatic rings. The van der Waals surface area contributed by atoms with Gasteiger partial charge in [0.1, 0.15) is 11.3 Å². The van der Waals surface area contributed by atoms with Crippen LogP contribution < -0.4 is 71.7 Å². The van der Waals surface area contributed by atoms with Crippen molar-refractivity contribution in [1.82, 2.24) is 0 Å². The van der Waals surface area contributed by atoms with Gasteiger partial charge in [0, 0.05) is 0 Å². The predicted octanol–water partition coefficient (Wildman–Crippen LogP) is -11.5. The van der Waals surface area contributed by atoms with Gasteiger partial charge in [0.25, 0.3) is 0 Å². The molecular weight excluding hydrogens is 259 g/mol. The summed E-state index contributed by atoms with van der Waals surface area (Å²) < 4.78 is 11.4. The number of carbonyl (C=O) groups is 1. The Morgan fingerprint density at radius 3 is 2.05 bits per heavy atom. The average Bonchev–Trinajstić information content (AvgIpc) is 2.26. The largest absolute Gasteiger partial charge is 1.00 e. The maximum atomic E-state index is 11.4. The Hall–Kier alpha value is 0.117. The van der Waals surface area contributed by atoms with Crippen LogP contribution in [0.2, 0.25) is 0 Å². The maximum Gasteiger partial charge on any atom is 1.00 e. The number of phenols is 1. The van der Waals surface area contributed by atoms with Crippen molar-refractivity contribution in [1.29, 1.82) is 0 Å². The van der Waals surface area contributed by atoms with Crippen LogP contribution in [0, 0.1) is 0 Å². The van der Waals surface area contributed by atoms with E-state index < -0.39 is 20.2 Å². The van der Waals surface area contributed by atoms with Crippen LogP contribution in [0.4, 0.5) is 4.39 Å². The minimum Gasteiger partial charge on any atom is -0.907 e. The standard InChI is InChI=1S/C8H7FO4.BO3.3Li/c9-5-12-13-8(11)6-3-1-2-4-7(6)10;2-1(3)4;;;/h1-4,10H,5H2;;;;/q;-3;3*+1. The quantitative estimate of drug-likeness (QED) is 0.327. The fourth-order valence-corrected chi connectivity index (χ4v) is 0.767. The van der Waals surface area contributed by atoms with Crippen LogP contribution in [-0.4, -0.2) is 25.3 Å². The number of halogens is 1. The van der Waals surface area contributed by atoms with Crippen LogP contribution in [-0.2, 0) is 9.78 Å². The number of para-hydroxylation sites is 1. The van der Waals surface area contributed by atoms with Gasteiger partial charge in [-0.3, -0.25) is 12.2 Å². The Balaban J connectivity index is -0.000000164. The first-order valence-electron chi connectivity index (χ1n) is 4.14. The van der Waals surface area contributed by atoms with Gasteiger partial charge >= 0.3 is 62.6 Å². The Kier molecular flexibility index (Phi) is 24.3. The van der Waals surface area contributed by atoms with E-state index >= 15 is 0 Å². The van der Waals surface area contributed by atoms with E-state index in [1.807, 2.05) is 0 Å². The van der Waals surface area contributed by atoms with Gasteiger partial charge in [0.2, 0.25) is 6.86 Å². The van der Waals surface area contributed by atoms with Crippen molar-refractivity contribution in [2.75, 3.05) is 6.86 Å². The summed E-state index contributed by atoms with van der Waals surface area (Å²) in [4.78, 5) is 18.7. The number of carbonyl (C=O) groups excluding carboxylic acids is 1. The van der Waals surface area contributed by atoms with E-state index in [0.717, 1.165) is 0 Å². The van der Waals surface area contributed by atoms with E-state index in [4.69, 9.17) is 20.2 Å². The van der Waals surface area contributed by atoms with Gasteiger partial charge in [-0.05, 0) is 12.1 Å². The second kappa shape index (κ2) is 17.2. The van der Waals surface area contributed by atoms with Gasteiger partial charge in [-0.15, -0.1) is 0 Å². The first kappa shape index (κ1) is 28.3. The summed E-state index contributed by atoms with van der Waals surface area (Å²) in [6.07, 6.45) is 0. The SMILES string of the molecule is O=C(OOCF)c1ccccc1O.[Li+].[Li+].[Li+].[O-]B([O-])[O-].